The lowest BCUT2D eigenvalue weighted by molar-refractivity contribution is 0.0951. The highest BCUT2D eigenvalue weighted by Crippen LogP contribution is 2.27. The first kappa shape index (κ1) is 15.2. The van der Waals surface area contributed by atoms with Gasteiger partial charge in [0.2, 0.25) is 0 Å². The first-order valence-electron chi connectivity index (χ1n) is 6.28. The number of benzene rings is 2. The topological polar surface area (TPSA) is 122 Å². The van der Waals surface area contributed by atoms with Gasteiger partial charge in [-0.15, -0.1) is 0 Å². The van der Waals surface area contributed by atoms with Gasteiger partial charge in [0.05, 0.1) is 16.8 Å². The molecule has 2 rings (SSSR count). The minimum atomic E-state index is -0.748. The fraction of sp³-hybridized carbons (Fsp3) is 0.0667. The molecule has 0 saturated carbocycles. The summed E-state index contributed by atoms with van der Waals surface area (Å²) >= 11 is 0. The fourth-order valence-corrected chi connectivity index (χ4v) is 1.86. The predicted octanol–water partition coefficient (Wildman–Crippen LogP) is 1.66. The summed E-state index contributed by atoms with van der Waals surface area (Å²) in [5.41, 5.74) is 2.28. The van der Waals surface area contributed by atoms with Gasteiger partial charge in [0, 0.05) is 0 Å². The number of hydrogen-bond donors (Lipinski definition) is 5. The standard InChI is InChI=1S/C15H14N2O5/c1-8(14-12(20)3-2-4-13(14)21)16-17-15(22)10-7-9(18)5-6-11(10)19/h2-7,18-21H,1H3,(H,17,22)/b16-8-. The van der Waals surface area contributed by atoms with Crippen LogP contribution < -0.4 is 5.43 Å². The SMILES string of the molecule is C/C(=N/NC(=O)c1cc(O)ccc1O)c1c(O)cccc1O. The van der Waals surface area contributed by atoms with Crippen LogP contribution in [0.5, 0.6) is 23.0 Å². The molecule has 7 heteroatoms. The smallest absolute Gasteiger partial charge is 0.275 e. The highest BCUT2D eigenvalue weighted by Gasteiger charge is 2.13. The number of carbonyl (C=O) groups is 1. The van der Waals surface area contributed by atoms with Gasteiger partial charge in [-0.2, -0.15) is 5.10 Å². The Morgan fingerprint density at radius 3 is 2.27 bits per heavy atom. The van der Waals surface area contributed by atoms with Crippen LogP contribution in [0.2, 0.25) is 0 Å². The summed E-state index contributed by atoms with van der Waals surface area (Å²) in [6.07, 6.45) is 0. The Kier molecular flexibility index (Phi) is 4.17. The van der Waals surface area contributed by atoms with Crippen molar-refractivity contribution in [2.45, 2.75) is 6.92 Å². The Balaban J connectivity index is 2.24. The van der Waals surface area contributed by atoms with Crippen LogP contribution in [0.1, 0.15) is 22.8 Å². The normalized spacial score (nSPS) is 11.2. The zero-order chi connectivity index (χ0) is 16.3. The zero-order valence-electron chi connectivity index (χ0n) is 11.6. The maximum absolute atomic E-state index is 11.9. The van der Waals surface area contributed by atoms with Gasteiger partial charge in [0.1, 0.15) is 23.0 Å². The quantitative estimate of drug-likeness (QED) is 0.335. The van der Waals surface area contributed by atoms with E-state index in [0.29, 0.717) is 0 Å². The number of nitrogens with zero attached hydrogens (tertiary/aromatic N) is 1. The van der Waals surface area contributed by atoms with Gasteiger partial charge in [-0.25, -0.2) is 5.43 Å². The third kappa shape index (κ3) is 3.09. The van der Waals surface area contributed by atoms with Gasteiger partial charge in [-0.1, -0.05) is 6.07 Å². The average molecular weight is 302 g/mol. The summed E-state index contributed by atoms with van der Waals surface area (Å²) in [6.45, 7) is 1.48. The maximum Gasteiger partial charge on any atom is 0.275 e. The van der Waals surface area contributed by atoms with E-state index in [0.717, 1.165) is 6.07 Å². The van der Waals surface area contributed by atoms with E-state index in [1.807, 2.05) is 0 Å². The number of nitrogens with one attached hydrogen (secondary N) is 1. The maximum atomic E-state index is 11.9. The van der Waals surface area contributed by atoms with Crippen LogP contribution in [0.4, 0.5) is 0 Å². The predicted molar refractivity (Wildman–Crippen MR) is 79.2 cm³/mol. The molecule has 0 bridgehead atoms. The molecule has 22 heavy (non-hydrogen) atoms. The molecular weight excluding hydrogens is 288 g/mol. The zero-order valence-corrected chi connectivity index (χ0v) is 11.6. The molecule has 2 aromatic carbocycles. The lowest BCUT2D eigenvalue weighted by atomic mass is 10.1. The van der Waals surface area contributed by atoms with Crippen LogP contribution in [0, 0.1) is 0 Å². The molecule has 5 N–H and O–H groups in total. The number of hydrazone groups is 1. The summed E-state index contributed by atoms with van der Waals surface area (Å²) in [7, 11) is 0. The molecular formula is C15H14N2O5. The van der Waals surface area contributed by atoms with Crippen molar-refractivity contribution in [1.82, 2.24) is 5.43 Å². The molecule has 0 atom stereocenters. The van der Waals surface area contributed by atoms with Crippen molar-refractivity contribution in [3.05, 3.63) is 47.5 Å². The lowest BCUT2D eigenvalue weighted by Gasteiger charge is -2.07. The molecule has 0 aliphatic heterocycles. The second kappa shape index (κ2) is 6.04. The summed E-state index contributed by atoms with van der Waals surface area (Å²) in [5, 5.41) is 42.1. The van der Waals surface area contributed by atoms with Gasteiger partial charge in [0.25, 0.3) is 5.91 Å². The van der Waals surface area contributed by atoms with Crippen molar-refractivity contribution in [3.8, 4) is 23.0 Å². The number of carbonyl (C=O) groups excluding carboxylic acids is 1. The molecule has 0 fully saturated rings. The van der Waals surface area contributed by atoms with E-state index in [-0.39, 0.29) is 39.8 Å². The van der Waals surface area contributed by atoms with E-state index in [2.05, 4.69) is 10.5 Å². The van der Waals surface area contributed by atoms with Gasteiger partial charge in [0.15, 0.2) is 0 Å². The minimum Gasteiger partial charge on any atom is -0.508 e. The van der Waals surface area contributed by atoms with Crippen LogP contribution in [-0.2, 0) is 0 Å². The third-order valence-corrected chi connectivity index (χ3v) is 2.93. The molecule has 0 heterocycles. The van der Waals surface area contributed by atoms with E-state index in [9.17, 15) is 25.2 Å². The van der Waals surface area contributed by atoms with Crippen LogP contribution in [0.15, 0.2) is 41.5 Å². The Bertz CT molecular complexity index is 735. The first-order chi connectivity index (χ1) is 10.4. The molecule has 0 aliphatic rings. The van der Waals surface area contributed by atoms with Gasteiger partial charge in [-0.05, 0) is 37.3 Å². The van der Waals surface area contributed by atoms with Crippen molar-refractivity contribution in [2.24, 2.45) is 5.10 Å². The molecule has 0 aliphatic carbocycles. The highest BCUT2D eigenvalue weighted by molar-refractivity contribution is 6.04. The molecule has 0 radical (unpaired) electrons. The van der Waals surface area contributed by atoms with Crippen molar-refractivity contribution >= 4 is 11.6 Å². The van der Waals surface area contributed by atoms with Crippen LogP contribution in [0.25, 0.3) is 0 Å². The van der Waals surface area contributed by atoms with Crippen LogP contribution in [0.3, 0.4) is 0 Å². The Morgan fingerprint density at radius 2 is 1.64 bits per heavy atom. The van der Waals surface area contributed by atoms with Crippen LogP contribution in [-0.4, -0.2) is 32.0 Å². The lowest BCUT2D eigenvalue weighted by Crippen LogP contribution is -2.19. The van der Waals surface area contributed by atoms with E-state index in [1.165, 1.54) is 37.3 Å². The van der Waals surface area contributed by atoms with E-state index < -0.39 is 5.91 Å². The highest BCUT2D eigenvalue weighted by atomic mass is 16.3. The second-order valence-corrected chi connectivity index (χ2v) is 4.51. The van der Waals surface area contributed by atoms with Crippen molar-refractivity contribution in [1.29, 1.82) is 0 Å². The Morgan fingerprint density at radius 1 is 1.00 bits per heavy atom. The fourth-order valence-electron chi connectivity index (χ4n) is 1.86. The number of phenolic OH excluding ortho intramolecular Hbond substituents is 4. The molecule has 0 spiro atoms. The summed E-state index contributed by atoms with van der Waals surface area (Å²) < 4.78 is 0. The van der Waals surface area contributed by atoms with Crippen molar-refractivity contribution < 1.29 is 25.2 Å². The first-order valence-corrected chi connectivity index (χ1v) is 6.28. The van der Waals surface area contributed by atoms with E-state index in [4.69, 9.17) is 0 Å². The summed E-state index contributed by atoms with van der Waals surface area (Å²) in [6, 6.07) is 7.71. The minimum absolute atomic E-state index is 0.0860. The molecule has 0 saturated heterocycles. The number of phenols is 4. The molecule has 1 amide bonds. The average Bonchev–Trinajstić information content (AvgIpc) is 2.47. The number of aromatic hydroxyl groups is 4. The van der Waals surface area contributed by atoms with E-state index in [1.54, 1.807) is 0 Å². The van der Waals surface area contributed by atoms with Gasteiger partial charge < -0.3 is 20.4 Å². The summed E-state index contributed by atoms with van der Waals surface area (Å²) in [4.78, 5) is 11.9. The number of rotatable bonds is 3. The number of amides is 1. The Hall–Kier alpha value is -3.22. The van der Waals surface area contributed by atoms with Gasteiger partial charge >= 0.3 is 0 Å². The molecule has 2 aromatic rings. The van der Waals surface area contributed by atoms with E-state index >= 15 is 0 Å². The monoisotopic (exact) mass is 302 g/mol. The molecule has 7 nitrogen and oxygen atoms in total. The molecule has 0 unspecified atom stereocenters. The van der Waals surface area contributed by atoms with Crippen molar-refractivity contribution in [3.63, 3.8) is 0 Å². The second-order valence-electron chi connectivity index (χ2n) is 4.51. The largest absolute Gasteiger partial charge is 0.508 e. The Labute approximate surface area is 125 Å². The number of hydrogen-bond acceptors (Lipinski definition) is 6. The van der Waals surface area contributed by atoms with Crippen LogP contribution >= 0.6 is 0 Å². The molecule has 0 aromatic heterocycles. The third-order valence-electron chi connectivity index (χ3n) is 2.93. The summed E-state index contributed by atoms with van der Waals surface area (Å²) in [5.74, 6) is -1.61. The van der Waals surface area contributed by atoms with Gasteiger partial charge in [-0.3, -0.25) is 4.79 Å². The van der Waals surface area contributed by atoms with Crippen molar-refractivity contribution in [2.75, 3.05) is 0 Å². The molecule has 114 valence electrons.